The molecule has 168 valence electrons. The van der Waals surface area contributed by atoms with Gasteiger partial charge in [0.25, 0.3) is 0 Å². The first kappa shape index (κ1) is 22.5. The van der Waals surface area contributed by atoms with Crippen molar-refractivity contribution in [1.29, 1.82) is 0 Å². The molecule has 1 amide bonds. The maximum Gasteiger partial charge on any atom is 0.416 e. The number of pyridine rings is 1. The lowest BCUT2D eigenvalue weighted by Gasteiger charge is -2.17. The van der Waals surface area contributed by atoms with E-state index in [4.69, 9.17) is 4.74 Å². The van der Waals surface area contributed by atoms with Gasteiger partial charge in [-0.2, -0.15) is 13.2 Å². The first-order valence-electron chi connectivity index (χ1n) is 10.4. The van der Waals surface area contributed by atoms with Crippen LogP contribution in [0, 0.1) is 0 Å². The molecule has 0 aliphatic carbocycles. The molecule has 0 saturated carbocycles. The number of nitrogens with one attached hydrogen (secondary N) is 1. The van der Waals surface area contributed by atoms with Gasteiger partial charge in [-0.25, -0.2) is 0 Å². The van der Waals surface area contributed by atoms with Gasteiger partial charge in [0.05, 0.1) is 18.8 Å². The lowest BCUT2D eigenvalue weighted by atomic mass is 9.93. The molecule has 0 saturated heterocycles. The quantitative estimate of drug-likeness (QED) is 0.373. The van der Waals surface area contributed by atoms with Crippen LogP contribution in [0.15, 0.2) is 90.8 Å². The number of alkyl halides is 3. The Morgan fingerprint density at radius 3 is 2.64 bits per heavy atom. The highest BCUT2D eigenvalue weighted by Gasteiger charge is 2.30. The van der Waals surface area contributed by atoms with Gasteiger partial charge in [0.15, 0.2) is 0 Å². The number of hydrogen-bond acceptors (Lipinski definition) is 3. The predicted molar refractivity (Wildman–Crippen MR) is 122 cm³/mol. The second-order valence-corrected chi connectivity index (χ2v) is 7.46. The summed E-state index contributed by atoms with van der Waals surface area (Å²) < 4.78 is 44.2. The summed E-state index contributed by atoms with van der Waals surface area (Å²) in [6.07, 6.45) is 6.27. The fourth-order valence-corrected chi connectivity index (χ4v) is 3.64. The zero-order valence-electron chi connectivity index (χ0n) is 17.6. The van der Waals surface area contributed by atoms with Crippen molar-refractivity contribution in [2.24, 2.45) is 0 Å². The molecule has 7 heteroatoms. The lowest BCUT2D eigenvalue weighted by molar-refractivity contribution is -0.137. The van der Waals surface area contributed by atoms with E-state index >= 15 is 0 Å². The highest BCUT2D eigenvalue weighted by molar-refractivity contribution is 6.06. The minimum Gasteiger partial charge on any atom is -0.377 e. The number of carbonyl (C=O) groups excluding carboxylic acids is 1. The number of nitrogens with zero attached hydrogens (tertiary/aromatic N) is 1. The van der Waals surface area contributed by atoms with E-state index in [1.165, 1.54) is 18.2 Å². The number of carbonyl (C=O) groups is 1. The fourth-order valence-electron chi connectivity index (χ4n) is 3.64. The number of hydrogen-bond donors (Lipinski definition) is 1. The third kappa shape index (κ3) is 5.56. The maximum absolute atomic E-state index is 12.9. The molecular weight excluding hydrogens is 429 g/mol. The molecule has 1 aromatic heterocycles. The van der Waals surface area contributed by atoms with E-state index in [0.29, 0.717) is 30.9 Å². The Balaban J connectivity index is 1.57. The number of anilines is 1. The van der Waals surface area contributed by atoms with Gasteiger partial charge in [-0.3, -0.25) is 9.78 Å². The Hall–Kier alpha value is -3.71. The van der Waals surface area contributed by atoms with E-state index in [-0.39, 0.29) is 5.91 Å². The highest BCUT2D eigenvalue weighted by atomic mass is 19.4. The van der Waals surface area contributed by atoms with Crippen molar-refractivity contribution in [3.05, 3.63) is 102 Å². The highest BCUT2D eigenvalue weighted by Crippen LogP contribution is 2.32. The Labute approximate surface area is 189 Å². The summed E-state index contributed by atoms with van der Waals surface area (Å²) in [6.45, 7) is 0.970. The largest absolute Gasteiger partial charge is 0.416 e. The molecule has 1 aliphatic heterocycles. The molecule has 3 aromatic rings. The number of fused-ring (bicyclic) bond motifs is 1. The van der Waals surface area contributed by atoms with Crippen molar-refractivity contribution in [3.8, 4) is 0 Å². The van der Waals surface area contributed by atoms with Crippen LogP contribution in [0.3, 0.4) is 0 Å². The van der Waals surface area contributed by atoms with Crippen molar-refractivity contribution in [3.63, 3.8) is 0 Å². The summed E-state index contributed by atoms with van der Waals surface area (Å²) in [4.78, 5) is 16.6. The van der Waals surface area contributed by atoms with Crippen molar-refractivity contribution in [2.75, 3.05) is 18.5 Å². The van der Waals surface area contributed by atoms with Crippen LogP contribution in [0.1, 0.15) is 17.5 Å². The summed E-state index contributed by atoms with van der Waals surface area (Å²) in [5, 5.41) is 4.65. The van der Waals surface area contributed by atoms with Gasteiger partial charge in [-0.05, 0) is 47.4 Å². The van der Waals surface area contributed by atoms with Gasteiger partial charge in [0.2, 0.25) is 5.91 Å². The van der Waals surface area contributed by atoms with Gasteiger partial charge in [-0.1, -0.05) is 42.5 Å². The molecule has 1 N–H and O–H groups in total. The van der Waals surface area contributed by atoms with Crippen LogP contribution >= 0.6 is 0 Å². The van der Waals surface area contributed by atoms with E-state index < -0.39 is 11.7 Å². The molecule has 0 fully saturated rings. The van der Waals surface area contributed by atoms with E-state index in [1.54, 1.807) is 24.5 Å². The van der Waals surface area contributed by atoms with Crippen molar-refractivity contribution >= 4 is 27.9 Å². The average Bonchev–Trinajstić information content (AvgIpc) is 2.82. The van der Waals surface area contributed by atoms with Crippen LogP contribution < -0.4 is 5.32 Å². The van der Waals surface area contributed by atoms with Gasteiger partial charge < -0.3 is 10.1 Å². The fraction of sp³-hybridized carbons (Fsp3) is 0.154. The second-order valence-electron chi connectivity index (χ2n) is 7.46. The van der Waals surface area contributed by atoms with Crippen LogP contribution in [0.2, 0.25) is 0 Å². The molecular formula is C26H21F3N2O2. The summed E-state index contributed by atoms with van der Waals surface area (Å²) in [6, 6.07) is 12.4. The van der Waals surface area contributed by atoms with Crippen LogP contribution in [-0.4, -0.2) is 24.1 Å². The zero-order valence-corrected chi connectivity index (χ0v) is 17.6. The minimum atomic E-state index is -4.39. The molecule has 4 rings (SSSR count). The minimum absolute atomic E-state index is 0.316. The third-order valence-electron chi connectivity index (χ3n) is 5.28. The van der Waals surface area contributed by atoms with E-state index in [1.807, 2.05) is 30.3 Å². The summed E-state index contributed by atoms with van der Waals surface area (Å²) in [5.74, 6) is -0.316. The number of rotatable bonds is 5. The van der Waals surface area contributed by atoms with Crippen LogP contribution in [0.4, 0.5) is 18.9 Å². The molecule has 0 unspecified atom stereocenters. The SMILES string of the molecule is O=C(/C=C/C=C(\C1=CCOCC1)c1ccc(C(F)(F)F)cc1)Nc1cccc2cnccc12. The summed E-state index contributed by atoms with van der Waals surface area (Å²) in [7, 11) is 0. The standard InChI is InChI=1S/C26H21F3N2O2/c27-26(28,29)21-9-7-18(8-10-21)22(19-12-15-33-16-13-19)4-2-6-25(32)31-24-5-1-3-20-17-30-14-11-23(20)24/h1-12,14,17H,13,15-16H2,(H,31,32)/b6-2+,22-4-. The van der Waals surface area contributed by atoms with Crippen LogP contribution in [-0.2, 0) is 15.7 Å². The number of benzene rings is 2. The molecule has 0 atom stereocenters. The van der Waals surface area contributed by atoms with E-state index in [9.17, 15) is 18.0 Å². The molecule has 2 heterocycles. The third-order valence-corrected chi connectivity index (χ3v) is 5.28. The Kier molecular flexibility index (Phi) is 6.70. The number of amides is 1. The van der Waals surface area contributed by atoms with Gasteiger partial charge in [0, 0.05) is 34.9 Å². The van der Waals surface area contributed by atoms with Gasteiger partial charge in [0.1, 0.15) is 0 Å². The number of allylic oxidation sites excluding steroid dienone is 3. The zero-order chi connectivity index (χ0) is 23.3. The van der Waals surface area contributed by atoms with Gasteiger partial charge >= 0.3 is 6.18 Å². The van der Waals surface area contributed by atoms with E-state index in [2.05, 4.69) is 10.3 Å². The average molecular weight is 450 g/mol. The molecule has 0 radical (unpaired) electrons. The summed E-state index contributed by atoms with van der Waals surface area (Å²) >= 11 is 0. The molecule has 2 aromatic carbocycles. The maximum atomic E-state index is 12.9. The smallest absolute Gasteiger partial charge is 0.377 e. The van der Waals surface area contributed by atoms with Crippen molar-refractivity contribution in [1.82, 2.24) is 4.98 Å². The van der Waals surface area contributed by atoms with Crippen LogP contribution in [0.25, 0.3) is 16.3 Å². The molecule has 33 heavy (non-hydrogen) atoms. The normalized spacial score (nSPS) is 15.0. The number of aromatic nitrogens is 1. The Bertz CT molecular complexity index is 1240. The number of halogens is 3. The van der Waals surface area contributed by atoms with E-state index in [0.717, 1.165) is 34.1 Å². The first-order chi connectivity index (χ1) is 15.9. The Morgan fingerprint density at radius 2 is 1.91 bits per heavy atom. The first-order valence-corrected chi connectivity index (χ1v) is 10.4. The molecule has 4 nitrogen and oxygen atoms in total. The molecule has 0 spiro atoms. The summed E-state index contributed by atoms with van der Waals surface area (Å²) in [5.41, 5.74) is 2.33. The number of ether oxygens (including phenoxy) is 1. The van der Waals surface area contributed by atoms with Crippen LogP contribution in [0.5, 0.6) is 0 Å². The van der Waals surface area contributed by atoms with Crippen molar-refractivity contribution < 1.29 is 22.7 Å². The van der Waals surface area contributed by atoms with Gasteiger partial charge in [-0.15, -0.1) is 0 Å². The topological polar surface area (TPSA) is 51.2 Å². The Morgan fingerprint density at radius 1 is 1.09 bits per heavy atom. The predicted octanol–water partition coefficient (Wildman–Crippen LogP) is 6.18. The monoisotopic (exact) mass is 450 g/mol. The second kappa shape index (κ2) is 9.83. The molecule has 0 bridgehead atoms. The lowest BCUT2D eigenvalue weighted by Crippen LogP contribution is -2.08. The molecule has 1 aliphatic rings. The van der Waals surface area contributed by atoms with Crippen molar-refractivity contribution in [2.45, 2.75) is 12.6 Å².